The first kappa shape index (κ1) is 14.9. The zero-order valence-corrected chi connectivity index (χ0v) is 12.3. The molecule has 1 aromatic heterocycles. The van der Waals surface area contributed by atoms with E-state index in [1.54, 1.807) is 25.1 Å². The number of aryl methyl sites for hydroxylation is 1. The summed E-state index contributed by atoms with van der Waals surface area (Å²) in [4.78, 5) is 24.9. The number of carboxylic acid groups (broad SMARTS) is 1. The molecular formula is C13H9BrN2O5. The second-order valence-electron chi connectivity index (χ2n) is 4.09. The highest BCUT2D eigenvalue weighted by Crippen LogP contribution is 2.32. The second-order valence-corrected chi connectivity index (χ2v) is 5.01. The number of pyridine rings is 1. The minimum Gasteiger partial charge on any atom is -0.477 e. The van der Waals surface area contributed by atoms with Gasteiger partial charge in [-0.3, -0.25) is 10.1 Å². The molecule has 21 heavy (non-hydrogen) atoms. The number of ether oxygens (including phenoxy) is 1. The van der Waals surface area contributed by atoms with E-state index in [4.69, 9.17) is 9.84 Å². The summed E-state index contributed by atoms with van der Waals surface area (Å²) < 4.78 is 6.15. The Balaban J connectivity index is 2.50. The molecule has 0 bridgehead atoms. The summed E-state index contributed by atoms with van der Waals surface area (Å²) >= 11 is 3.27. The summed E-state index contributed by atoms with van der Waals surface area (Å²) in [5.74, 6) is -1.30. The van der Waals surface area contributed by atoms with Crippen molar-refractivity contribution < 1.29 is 19.6 Å². The molecule has 0 saturated carbocycles. The van der Waals surface area contributed by atoms with E-state index >= 15 is 0 Å². The highest BCUT2D eigenvalue weighted by atomic mass is 79.9. The number of benzene rings is 1. The van der Waals surface area contributed by atoms with Crippen molar-refractivity contribution in [1.82, 2.24) is 4.98 Å². The molecule has 0 aliphatic rings. The van der Waals surface area contributed by atoms with Gasteiger partial charge in [0.2, 0.25) is 0 Å². The van der Waals surface area contributed by atoms with Gasteiger partial charge in [-0.1, -0.05) is 22.0 Å². The van der Waals surface area contributed by atoms with Gasteiger partial charge in [-0.2, -0.15) is 4.98 Å². The van der Waals surface area contributed by atoms with E-state index in [0.717, 1.165) is 22.2 Å². The molecule has 0 amide bonds. The van der Waals surface area contributed by atoms with E-state index in [-0.39, 0.29) is 11.6 Å². The number of nitrogens with zero attached hydrogens (tertiary/aromatic N) is 2. The van der Waals surface area contributed by atoms with Crippen LogP contribution in [0.5, 0.6) is 11.6 Å². The van der Waals surface area contributed by atoms with Gasteiger partial charge >= 0.3 is 11.7 Å². The summed E-state index contributed by atoms with van der Waals surface area (Å²) in [6.07, 6.45) is 0. The Labute approximate surface area is 127 Å². The number of rotatable bonds is 4. The van der Waals surface area contributed by atoms with Crippen LogP contribution in [0.3, 0.4) is 0 Å². The first-order valence-corrected chi connectivity index (χ1v) is 6.50. The molecule has 2 aromatic rings. The Morgan fingerprint density at radius 2 is 2.10 bits per heavy atom. The first-order valence-electron chi connectivity index (χ1n) is 5.71. The lowest BCUT2D eigenvalue weighted by atomic mass is 10.2. The van der Waals surface area contributed by atoms with Crippen LogP contribution in [-0.4, -0.2) is 21.0 Å². The number of aromatic carboxylic acids is 1. The molecular weight excluding hydrogens is 344 g/mol. The maximum absolute atomic E-state index is 11.0. The molecule has 8 heteroatoms. The molecule has 0 unspecified atom stereocenters. The standard InChI is InChI=1S/C13H9BrN2O5/c1-7-2-3-8(14)6-11(7)21-12-10(16(19)20)5-4-9(15-12)13(17)18/h2-6H,1H3,(H,17,18). The zero-order valence-electron chi connectivity index (χ0n) is 10.7. The largest absolute Gasteiger partial charge is 0.477 e. The van der Waals surface area contributed by atoms with Gasteiger partial charge in [0.05, 0.1) is 4.92 Å². The van der Waals surface area contributed by atoms with Crippen molar-refractivity contribution in [3.05, 3.63) is 56.2 Å². The Morgan fingerprint density at radius 1 is 1.38 bits per heavy atom. The lowest BCUT2D eigenvalue weighted by Crippen LogP contribution is -2.04. The van der Waals surface area contributed by atoms with Crippen LogP contribution >= 0.6 is 15.9 Å². The van der Waals surface area contributed by atoms with Gasteiger partial charge in [-0.15, -0.1) is 0 Å². The van der Waals surface area contributed by atoms with Crippen LogP contribution in [0.4, 0.5) is 5.69 Å². The monoisotopic (exact) mass is 352 g/mol. The van der Waals surface area contributed by atoms with Crippen LogP contribution in [0.1, 0.15) is 16.1 Å². The zero-order chi connectivity index (χ0) is 15.6. The number of halogens is 1. The van der Waals surface area contributed by atoms with Gasteiger partial charge in [0.1, 0.15) is 5.75 Å². The molecule has 0 fully saturated rings. The summed E-state index contributed by atoms with van der Waals surface area (Å²) in [5.41, 5.74) is -0.00217. The normalized spacial score (nSPS) is 10.2. The predicted molar refractivity (Wildman–Crippen MR) is 76.8 cm³/mol. The minimum atomic E-state index is -1.29. The van der Waals surface area contributed by atoms with Crippen molar-refractivity contribution in [2.24, 2.45) is 0 Å². The van der Waals surface area contributed by atoms with Crippen molar-refractivity contribution in [3.8, 4) is 11.6 Å². The highest BCUT2D eigenvalue weighted by molar-refractivity contribution is 9.10. The number of carboxylic acids is 1. The number of nitro groups is 1. The highest BCUT2D eigenvalue weighted by Gasteiger charge is 2.21. The predicted octanol–water partition coefficient (Wildman–Crippen LogP) is 3.55. The Hall–Kier alpha value is -2.48. The average Bonchev–Trinajstić information content (AvgIpc) is 2.42. The molecule has 7 nitrogen and oxygen atoms in total. The molecule has 0 saturated heterocycles. The van der Waals surface area contributed by atoms with E-state index in [1.165, 1.54) is 0 Å². The van der Waals surface area contributed by atoms with Crippen LogP contribution < -0.4 is 4.74 Å². The fourth-order valence-corrected chi connectivity index (χ4v) is 1.89. The first-order chi connectivity index (χ1) is 9.88. The Morgan fingerprint density at radius 3 is 2.71 bits per heavy atom. The third kappa shape index (κ3) is 3.34. The number of aromatic nitrogens is 1. The lowest BCUT2D eigenvalue weighted by Gasteiger charge is -2.09. The minimum absolute atomic E-state index is 0.330. The molecule has 108 valence electrons. The average molecular weight is 353 g/mol. The fraction of sp³-hybridized carbons (Fsp3) is 0.0769. The second kappa shape index (κ2) is 5.88. The molecule has 2 rings (SSSR count). The van der Waals surface area contributed by atoms with Crippen molar-refractivity contribution in [2.75, 3.05) is 0 Å². The quantitative estimate of drug-likeness (QED) is 0.666. The van der Waals surface area contributed by atoms with Crippen LogP contribution in [0, 0.1) is 17.0 Å². The summed E-state index contributed by atoms with van der Waals surface area (Å²) in [6, 6.07) is 7.28. The number of hydrogen-bond donors (Lipinski definition) is 1. The van der Waals surface area contributed by atoms with Crippen molar-refractivity contribution in [3.63, 3.8) is 0 Å². The summed E-state index contributed by atoms with van der Waals surface area (Å²) in [6.45, 7) is 1.76. The van der Waals surface area contributed by atoms with E-state index in [1.807, 2.05) is 0 Å². The van der Waals surface area contributed by atoms with Gasteiger partial charge in [-0.05, 0) is 30.7 Å². The number of hydrogen-bond acceptors (Lipinski definition) is 5. The van der Waals surface area contributed by atoms with E-state index in [0.29, 0.717) is 5.75 Å². The summed E-state index contributed by atoms with van der Waals surface area (Å²) in [5, 5.41) is 19.9. The van der Waals surface area contributed by atoms with Gasteiger partial charge in [0, 0.05) is 10.5 Å². The van der Waals surface area contributed by atoms with Gasteiger partial charge < -0.3 is 9.84 Å². The Bertz CT molecular complexity index is 732. The van der Waals surface area contributed by atoms with E-state index in [9.17, 15) is 14.9 Å². The van der Waals surface area contributed by atoms with Crippen LogP contribution in [0.25, 0.3) is 0 Å². The van der Waals surface area contributed by atoms with Gasteiger partial charge in [0.15, 0.2) is 5.69 Å². The van der Waals surface area contributed by atoms with Crippen molar-refractivity contribution in [2.45, 2.75) is 6.92 Å². The molecule has 0 spiro atoms. The molecule has 0 aliphatic heterocycles. The molecule has 1 N–H and O–H groups in total. The topological polar surface area (TPSA) is 103 Å². The van der Waals surface area contributed by atoms with Crippen molar-refractivity contribution in [1.29, 1.82) is 0 Å². The van der Waals surface area contributed by atoms with Gasteiger partial charge in [0.25, 0.3) is 5.88 Å². The maximum atomic E-state index is 11.0. The van der Waals surface area contributed by atoms with Crippen LogP contribution in [0.15, 0.2) is 34.8 Å². The smallest absolute Gasteiger partial charge is 0.354 e. The van der Waals surface area contributed by atoms with Crippen LogP contribution in [-0.2, 0) is 0 Å². The molecule has 1 aromatic carbocycles. The number of carbonyl (C=O) groups is 1. The molecule has 0 aliphatic carbocycles. The Kier molecular flexibility index (Phi) is 4.18. The fourth-order valence-electron chi connectivity index (χ4n) is 1.55. The maximum Gasteiger partial charge on any atom is 0.354 e. The molecule has 0 atom stereocenters. The third-order valence-electron chi connectivity index (χ3n) is 2.61. The molecule has 1 heterocycles. The van der Waals surface area contributed by atoms with Crippen molar-refractivity contribution >= 4 is 27.6 Å². The summed E-state index contributed by atoms with van der Waals surface area (Å²) in [7, 11) is 0. The van der Waals surface area contributed by atoms with Crippen LogP contribution in [0.2, 0.25) is 0 Å². The lowest BCUT2D eigenvalue weighted by molar-refractivity contribution is -0.386. The SMILES string of the molecule is Cc1ccc(Br)cc1Oc1nc(C(=O)O)ccc1[N+](=O)[O-]. The van der Waals surface area contributed by atoms with E-state index in [2.05, 4.69) is 20.9 Å². The molecule has 0 radical (unpaired) electrons. The van der Waals surface area contributed by atoms with Gasteiger partial charge in [-0.25, -0.2) is 4.79 Å². The third-order valence-corrected chi connectivity index (χ3v) is 3.11. The van der Waals surface area contributed by atoms with E-state index < -0.39 is 16.6 Å².